The smallest absolute Gasteiger partial charge is 0.0715 e. The Hall–Kier alpha value is -0.120. The van der Waals surface area contributed by atoms with E-state index in [9.17, 15) is 0 Å². The van der Waals surface area contributed by atoms with Gasteiger partial charge in [-0.1, -0.05) is 6.92 Å². The Kier molecular flexibility index (Phi) is 2.05. The number of piperidine rings is 1. The Morgan fingerprint density at radius 2 is 1.67 bits per heavy atom. The van der Waals surface area contributed by atoms with Crippen LogP contribution in [0.25, 0.3) is 0 Å². The molecule has 1 aliphatic rings. The molecule has 1 heterocycles. The number of aliphatic hydroxyl groups is 2. The van der Waals surface area contributed by atoms with E-state index in [0.717, 1.165) is 0 Å². The first kappa shape index (κ1) is 6.99. The molecule has 0 spiro atoms. The molecule has 3 nitrogen and oxygen atoms in total. The van der Waals surface area contributed by atoms with Gasteiger partial charge in [-0.2, -0.15) is 0 Å². The van der Waals surface area contributed by atoms with Crippen LogP contribution in [0.5, 0.6) is 0 Å². The topological polar surface area (TPSA) is 52.5 Å². The van der Waals surface area contributed by atoms with Crippen molar-refractivity contribution >= 4 is 0 Å². The summed E-state index contributed by atoms with van der Waals surface area (Å²) in [6, 6.07) is 0. The Labute approximate surface area is 54.7 Å². The summed E-state index contributed by atoms with van der Waals surface area (Å²) >= 11 is 0. The highest BCUT2D eigenvalue weighted by Gasteiger charge is 2.25. The van der Waals surface area contributed by atoms with Gasteiger partial charge in [0, 0.05) is 19.0 Å². The summed E-state index contributed by atoms with van der Waals surface area (Å²) in [5.41, 5.74) is 0. The van der Waals surface area contributed by atoms with Crippen molar-refractivity contribution < 1.29 is 10.2 Å². The van der Waals surface area contributed by atoms with Crippen LogP contribution in [0.3, 0.4) is 0 Å². The zero-order chi connectivity index (χ0) is 6.85. The fourth-order valence-corrected chi connectivity index (χ4v) is 1.01. The van der Waals surface area contributed by atoms with E-state index in [-0.39, 0.29) is 18.1 Å². The van der Waals surface area contributed by atoms with Crippen molar-refractivity contribution in [3.8, 4) is 0 Å². The van der Waals surface area contributed by atoms with Crippen molar-refractivity contribution in [2.24, 2.45) is 5.92 Å². The molecule has 0 aromatic heterocycles. The van der Waals surface area contributed by atoms with Gasteiger partial charge in [0.05, 0.1) is 12.2 Å². The molecule has 54 valence electrons. The predicted molar refractivity (Wildman–Crippen MR) is 34.0 cm³/mol. The summed E-state index contributed by atoms with van der Waals surface area (Å²) in [6.07, 6.45) is -0.762. The summed E-state index contributed by atoms with van der Waals surface area (Å²) in [6.45, 7) is 3.08. The van der Waals surface area contributed by atoms with Crippen molar-refractivity contribution in [2.75, 3.05) is 13.1 Å². The lowest BCUT2D eigenvalue weighted by molar-refractivity contribution is -0.00228. The monoisotopic (exact) mass is 131 g/mol. The van der Waals surface area contributed by atoms with Crippen LogP contribution in [0.1, 0.15) is 6.92 Å². The quantitative estimate of drug-likeness (QED) is 0.393. The van der Waals surface area contributed by atoms with Crippen LogP contribution >= 0.6 is 0 Å². The van der Waals surface area contributed by atoms with E-state index in [1.807, 2.05) is 6.92 Å². The Morgan fingerprint density at radius 3 is 2.00 bits per heavy atom. The van der Waals surface area contributed by atoms with E-state index in [0.29, 0.717) is 13.1 Å². The molecule has 0 aromatic carbocycles. The lowest BCUT2D eigenvalue weighted by Gasteiger charge is -2.29. The summed E-state index contributed by atoms with van der Waals surface area (Å²) in [5.74, 6) is 0.0197. The molecule has 1 saturated heterocycles. The Bertz CT molecular complexity index is 87.1. The van der Waals surface area contributed by atoms with E-state index in [1.165, 1.54) is 0 Å². The first-order chi connectivity index (χ1) is 4.22. The first-order valence-electron chi connectivity index (χ1n) is 3.28. The number of β-amino-alcohol motifs (C(OH)–C–C–N with tert-alkyl or cyclic N) is 2. The van der Waals surface area contributed by atoms with Crippen molar-refractivity contribution in [2.45, 2.75) is 19.1 Å². The predicted octanol–water partition coefficient (Wildman–Crippen LogP) is -1.05. The molecule has 2 unspecified atom stereocenters. The van der Waals surface area contributed by atoms with Crippen molar-refractivity contribution in [3.63, 3.8) is 0 Å². The standard InChI is InChI=1S/C6H13NO2/c1-4-5(8)2-7-3-6(4)9/h4-9H,2-3H2,1H3. The van der Waals surface area contributed by atoms with E-state index < -0.39 is 0 Å². The molecule has 0 aliphatic carbocycles. The highest BCUT2D eigenvalue weighted by atomic mass is 16.3. The van der Waals surface area contributed by atoms with Crippen LogP contribution in [0.4, 0.5) is 0 Å². The van der Waals surface area contributed by atoms with Gasteiger partial charge in [0.15, 0.2) is 0 Å². The summed E-state index contributed by atoms with van der Waals surface area (Å²) < 4.78 is 0. The molecule has 3 heteroatoms. The highest BCUT2D eigenvalue weighted by molar-refractivity contribution is 4.80. The van der Waals surface area contributed by atoms with E-state index in [4.69, 9.17) is 10.2 Å². The van der Waals surface area contributed by atoms with Gasteiger partial charge >= 0.3 is 0 Å². The minimum Gasteiger partial charge on any atom is -0.391 e. The number of hydrogen-bond acceptors (Lipinski definition) is 3. The minimum atomic E-state index is -0.381. The lowest BCUT2D eigenvalue weighted by atomic mass is 9.95. The van der Waals surface area contributed by atoms with Crippen LogP contribution in [-0.2, 0) is 0 Å². The minimum absolute atomic E-state index is 0.0197. The maximum absolute atomic E-state index is 9.13. The second kappa shape index (κ2) is 2.64. The molecular formula is C6H13NO2. The molecule has 0 amide bonds. The maximum Gasteiger partial charge on any atom is 0.0715 e. The van der Waals surface area contributed by atoms with Gasteiger partial charge in [0.1, 0.15) is 0 Å². The van der Waals surface area contributed by atoms with Crippen molar-refractivity contribution in [1.29, 1.82) is 0 Å². The SMILES string of the molecule is CC1C(O)CNCC1O. The number of nitrogens with one attached hydrogen (secondary N) is 1. The fraction of sp³-hybridized carbons (Fsp3) is 1.00. The number of hydrogen-bond donors (Lipinski definition) is 3. The molecule has 1 rings (SSSR count). The van der Waals surface area contributed by atoms with E-state index in [2.05, 4.69) is 5.32 Å². The fourth-order valence-electron chi connectivity index (χ4n) is 1.01. The average molecular weight is 131 g/mol. The second-order valence-corrected chi connectivity index (χ2v) is 2.65. The largest absolute Gasteiger partial charge is 0.391 e. The lowest BCUT2D eigenvalue weighted by Crippen LogP contribution is -2.48. The molecule has 0 radical (unpaired) electrons. The zero-order valence-electron chi connectivity index (χ0n) is 5.54. The van der Waals surface area contributed by atoms with Crippen LogP contribution in [0.15, 0.2) is 0 Å². The molecule has 0 saturated carbocycles. The van der Waals surface area contributed by atoms with Crippen molar-refractivity contribution in [3.05, 3.63) is 0 Å². The third kappa shape index (κ3) is 1.41. The third-order valence-corrected chi connectivity index (χ3v) is 1.92. The normalized spacial score (nSPS) is 45.0. The summed E-state index contributed by atoms with van der Waals surface area (Å²) in [7, 11) is 0. The van der Waals surface area contributed by atoms with E-state index in [1.54, 1.807) is 0 Å². The maximum atomic E-state index is 9.13. The first-order valence-corrected chi connectivity index (χ1v) is 3.28. The molecule has 3 N–H and O–H groups in total. The van der Waals surface area contributed by atoms with Crippen LogP contribution < -0.4 is 5.32 Å². The third-order valence-electron chi connectivity index (χ3n) is 1.92. The van der Waals surface area contributed by atoms with Gasteiger partial charge in [-0.15, -0.1) is 0 Å². The highest BCUT2D eigenvalue weighted by Crippen LogP contribution is 2.10. The molecular weight excluding hydrogens is 118 g/mol. The molecule has 0 bridgehead atoms. The zero-order valence-corrected chi connectivity index (χ0v) is 5.54. The van der Waals surface area contributed by atoms with Crippen LogP contribution in [0.2, 0.25) is 0 Å². The van der Waals surface area contributed by atoms with Crippen LogP contribution in [0, 0.1) is 5.92 Å². The Balaban J connectivity index is 2.41. The molecule has 1 fully saturated rings. The molecule has 1 aliphatic heterocycles. The molecule has 9 heavy (non-hydrogen) atoms. The molecule has 0 aromatic rings. The van der Waals surface area contributed by atoms with Gasteiger partial charge in [0.2, 0.25) is 0 Å². The van der Waals surface area contributed by atoms with Gasteiger partial charge in [-0.05, 0) is 0 Å². The summed E-state index contributed by atoms with van der Waals surface area (Å²) in [4.78, 5) is 0. The number of rotatable bonds is 0. The van der Waals surface area contributed by atoms with Gasteiger partial charge in [-0.25, -0.2) is 0 Å². The van der Waals surface area contributed by atoms with Gasteiger partial charge in [-0.3, -0.25) is 0 Å². The summed E-state index contributed by atoms with van der Waals surface area (Å²) in [5, 5.41) is 21.2. The van der Waals surface area contributed by atoms with Crippen molar-refractivity contribution in [1.82, 2.24) is 5.32 Å². The molecule has 2 atom stereocenters. The van der Waals surface area contributed by atoms with Gasteiger partial charge in [0.25, 0.3) is 0 Å². The van der Waals surface area contributed by atoms with Crippen LogP contribution in [-0.4, -0.2) is 35.5 Å². The van der Waals surface area contributed by atoms with E-state index >= 15 is 0 Å². The van der Waals surface area contributed by atoms with Gasteiger partial charge < -0.3 is 15.5 Å². The second-order valence-electron chi connectivity index (χ2n) is 2.65. The Morgan fingerprint density at radius 1 is 1.22 bits per heavy atom. The number of aliphatic hydroxyl groups excluding tert-OH is 2. The average Bonchev–Trinajstić information content (AvgIpc) is 1.83.